The fraction of sp³-hybridized carbons (Fsp3) is 0.533. The molecule has 0 spiro atoms. The van der Waals surface area contributed by atoms with Gasteiger partial charge in [0.2, 0.25) is 0 Å². The van der Waals surface area contributed by atoms with Crippen molar-refractivity contribution in [3.63, 3.8) is 0 Å². The zero-order valence-electron chi connectivity index (χ0n) is 11.8. The molecule has 0 N–H and O–H groups in total. The molecular weight excluding hydrogens is 242 g/mol. The van der Waals surface area contributed by atoms with Gasteiger partial charge in [-0.05, 0) is 25.8 Å². The van der Waals surface area contributed by atoms with E-state index in [4.69, 9.17) is 9.47 Å². The van der Waals surface area contributed by atoms with E-state index in [1.54, 1.807) is 11.9 Å². The predicted octanol–water partition coefficient (Wildman–Crippen LogP) is 2.82. The fourth-order valence-corrected chi connectivity index (χ4v) is 2.23. The second kappa shape index (κ2) is 5.61. The van der Waals surface area contributed by atoms with Crippen molar-refractivity contribution in [2.75, 3.05) is 13.7 Å². The van der Waals surface area contributed by atoms with Crippen LogP contribution in [0.1, 0.15) is 25.8 Å². The lowest BCUT2D eigenvalue weighted by Gasteiger charge is -2.23. The fourth-order valence-electron chi connectivity index (χ4n) is 2.23. The average Bonchev–Trinajstić information content (AvgIpc) is 2.76. The molecule has 1 aliphatic heterocycles. The minimum Gasteiger partial charge on any atom is -0.445 e. The Labute approximate surface area is 114 Å². The molecule has 1 heterocycles. The third-order valence-corrected chi connectivity index (χ3v) is 3.43. The van der Waals surface area contributed by atoms with Gasteiger partial charge in [0.15, 0.2) is 0 Å². The van der Waals surface area contributed by atoms with Crippen LogP contribution in [0.2, 0.25) is 0 Å². The molecule has 1 atom stereocenters. The summed E-state index contributed by atoms with van der Waals surface area (Å²) >= 11 is 0. The maximum atomic E-state index is 12.0. The van der Waals surface area contributed by atoms with E-state index in [1.807, 2.05) is 44.2 Å². The summed E-state index contributed by atoms with van der Waals surface area (Å²) < 4.78 is 10.9. The standard InChI is InChI=1S/C15H21NO3/c1-15(2)9-13(11-19-15)16(3)14(17)18-10-12-7-5-4-6-8-12/h4-8,13H,9-11H2,1-3H3. The van der Waals surface area contributed by atoms with Crippen LogP contribution in [0, 0.1) is 0 Å². The number of likely N-dealkylation sites (N-methyl/N-ethyl adjacent to an activating group) is 1. The van der Waals surface area contributed by atoms with Crippen LogP contribution in [0.4, 0.5) is 4.79 Å². The molecule has 0 radical (unpaired) electrons. The second-order valence-electron chi connectivity index (χ2n) is 5.58. The SMILES string of the molecule is CN(C(=O)OCc1ccccc1)C1COC(C)(C)C1. The molecule has 1 amide bonds. The summed E-state index contributed by atoms with van der Waals surface area (Å²) in [6, 6.07) is 9.78. The number of hydrogen-bond donors (Lipinski definition) is 0. The van der Waals surface area contributed by atoms with Gasteiger partial charge in [0.25, 0.3) is 0 Å². The highest BCUT2D eigenvalue weighted by Crippen LogP contribution is 2.27. The lowest BCUT2D eigenvalue weighted by molar-refractivity contribution is 0.0325. The zero-order chi connectivity index (χ0) is 13.9. The summed E-state index contributed by atoms with van der Waals surface area (Å²) in [4.78, 5) is 13.6. The Hall–Kier alpha value is -1.55. The monoisotopic (exact) mass is 263 g/mol. The third kappa shape index (κ3) is 3.70. The zero-order valence-corrected chi connectivity index (χ0v) is 11.8. The van der Waals surface area contributed by atoms with Gasteiger partial charge in [-0.2, -0.15) is 0 Å². The normalized spacial score (nSPS) is 21.1. The molecule has 0 bridgehead atoms. The van der Waals surface area contributed by atoms with Crippen LogP contribution in [0.3, 0.4) is 0 Å². The van der Waals surface area contributed by atoms with Gasteiger partial charge in [0.1, 0.15) is 6.61 Å². The van der Waals surface area contributed by atoms with Crippen molar-refractivity contribution < 1.29 is 14.3 Å². The highest BCUT2D eigenvalue weighted by molar-refractivity contribution is 5.67. The molecule has 4 nitrogen and oxygen atoms in total. The summed E-state index contributed by atoms with van der Waals surface area (Å²) in [7, 11) is 1.77. The number of hydrogen-bond acceptors (Lipinski definition) is 3. The number of carbonyl (C=O) groups is 1. The number of carbonyl (C=O) groups excluding carboxylic acids is 1. The van der Waals surface area contributed by atoms with Crippen LogP contribution < -0.4 is 0 Å². The van der Waals surface area contributed by atoms with Gasteiger partial charge < -0.3 is 14.4 Å². The Morgan fingerprint density at radius 3 is 2.68 bits per heavy atom. The van der Waals surface area contributed by atoms with E-state index < -0.39 is 0 Å². The Bertz CT molecular complexity index is 430. The summed E-state index contributed by atoms with van der Waals surface area (Å²) in [5, 5.41) is 0. The van der Waals surface area contributed by atoms with Gasteiger partial charge in [-0.1, -0.05) is 30.3 Å². The van der Waals surface area contributed by atoms with Gasteiger partial charge in [-0.25, -0.2) is 4.79 Å². The Morgan fingerprint density at radius 1 is 1.42 bits per heavy atom. The lowest BCUT2D eigenvalue weighted by atomic mass is 10.0. The van der Waals surface area contributed by atoms with Crippen LogP contribution in [0.15, 0.2) is 30.3 Å². The highest BCUT2D eigenvalue weighted by Gasteiger charge is 2.36. The predicted molar refractivity (Wildman–Crippen MR) is 72.8 cm³/mol. The first-order chi connectivity index (χ1) is 8.98. The number of rotatable bonds is 3. The molecule has 1 aromatic carbocycles. The quantitative estimate of drug-likeness (QED) is 0.841. The Balaban J connectivity index is 1.83. The highest BCUT2D eigenvalue weighted by atomic mass is 16.6. The van der Waals surface area contributed by atoms with Crippen molar-refractivity contribution in [3.8, 4) is 0 Å². The molecule has 19 heavy (non-hydrogen) atoms. The molecule has 4 heteroatoms. The first-order valence-corrected chi connectivity index (χ1v) is 6.55. The van der Waals surface area contributed by atoms with Crippen LogP contribution in [0.25, 0.3) is 0 Å². The second-order valence-corrected chi connectivity index (χ2v) is 5.58. The summed E-state index contributed by atoms with van der Waals surface area (Å²) in [6.45, 7) is 4.96. The Kier molecular flexibility index (Phi) is 4.10. The van der Waals surface area contributed by atoms with Gasteiger partial charge in [-0.15, -0.1) is 0 Å². The van der Waals surface area contributed by atoms with E-state index in [2.05, 4.69) is 0 Å². The number of benzene rings is 1. The maximum Gasteiger partial charge on any atom is 0.410 e. The Morgan fingerprint density at radius 2 is 2.11 bits per heavy atom. The molecule has 1 aromatic rings. The van der Waals surface area contributed by atoms with Crippen LogP contribution >= 0.6 is 0 Å². The van der Waals surface area contributed by atoms with Crippen LogP contribution in [-0.4, -0.2) is 36.3 Å². The van der Waals surface area contributed by atoms with Crippen molar-refractivity contribution in [3.05, 3.63) is 35.9 Å². The van der Waals surface area contributed by atoms with Crippen molar-refractivity contribution in [2.45, 2.75) is 38.5 Å². The van der Waals surface area contributed by atoms with Crippen molar-refractivity contribution in [1.82, 2.24) is 4.90 Å². The molecular formula is C15H21NO3. The van der Waals surface area contributed by atoms with E-state index in [-0.39, 0.29) is 17.7 Å². The summed E-state index contributed by atoms with van der Waals surface area (Å²) in [5.74, 6) is 0. The molecule has 2 rings (SSSR count). The van der Waals surface area contributed by atoms with E-state index in [1.165, 1.54) is 0 Å². The minimum absolute atomic E-state index is 0.0956. The topological polar surface area (TPSA) is 38.8 Å². The molecule has 0 aromatic heterocycles. The van der Waals surface area contributed by atoms with Crippen LogP contribution in [-0.2, 0) is 16.1 Å². The van der Waals surface area contributed by atoms with Gasteiger partial charge in [0.05, 0.1) is 18.2 Å². The maximum absolute atomic E-state index is 12.0. The van der Waals surface area contributed by atoms with Gasteiger partial charge in [0, 0.05) is 7.05 Å². The summed E-state index contributed by atoms with van der Waals surface area (Å²) in [6.07, 6.45) is 0.541. The molecule has 0 saturated carbocycles. The first kappa shape index (κ1) is 13.9. The lowest BCUT2D eigenvalue weighted by Crippen LogP contribution is -2.38. The van der Waals surface area contributed by atoms with Crippen molar-refractivity contribution >= 4 is 6.09 Å². The number of nitrogens with zero attached hydrogens (tertiary/aromatic N) is 1. The van der Waals surface area contributed by atoms with Crippen LogP contribution in [0.5, 0.6) is 0 Å². The van der Waals surface area contributed by atoms with E-state index >= 15 is 0 Å². The third-order valence-electron chi connectivity index (χ3n) is 3.43. The molecule has 1 aliphatic rings. The molecule has 1 fully saturated rings. The molecule has 1 unspecified atom stereocenters. The van der Waals surface area contributed by atoms with Gasteiger partial charge >= 0.3 is 6.09 Å². The minimum atomic E-state index is -0.296. The first-order valence-electron chi connectivity index (χ1n) is 6.55. The average molecular weight is 263 g/mol. The largest absolute Gasteiger partial charge is 0.445 e. The molecule has 1 saturated heterocycles. The van der Waals surface area contributed by atoms with Crippen molar-refractivity contribution in [1.29, 1.82) is 0 Å². The van der Waals surface area contributed by atoms with Crippen molar-refractivity contribution in [2.24, 2.45) is 0 Å². The number of amides is 1. The van der Waals surface area contributed by atoms with Gasteiger partial charge in [-0.3, -0.25) is 0 Å². The van der Waals surface area contributed by atoms with E-state index in [9.17, 15) is 4.79 Å². The smallest absolute Gasteiger partial charge is 0.410 e. The van der Waals surface area contributed by atoms with E-state index in [0.29, 0.717) is 13.2 Å². The molecule has 0 aliphatic carbocycles. The molecule has 104 valence electrons. The summed E-state index contributed by atoms with van der Waals surface area (Å²) in [5.41, 5.74) is 0.839. The number of ether oxygens (including phenoxy) is 2. The van der Waals surface area contributed by atoms with E-state index in [0.717, 1.165) is 12.0 Å².